The third-order valence-electron chi connectivity index (χ3n) is 4.64. The number of anilines is 1. The zero-order valence-corrected chi connectivity index (χ0v) is 14.5. The number of benzene rings is 2. The van der Waals surface area contributed by atoms with Crippen LogP contribution in [0.1, 0.15) is 22.3 Å². The molecule has 8 nitrogen and oxygen atoms in total. The minimum Gasteiger partial charge on any atom is -0.478 e. The Morgan fingerprint density at radius 2 is 1.89 bits per heavy atom. The van der Waals surface area contributed by atoms with Crippen molar-refractivity contribution in [1.29, 1.82) is 0 Å². The van der Waals surface area contributed by atoms with Crippen LogP contribution in [-0.4, -0.2) is 26.6 Å². The maximum absolute atomic E-state index is 11.0. The minimum absolute atomic E-state index is 0.223. The number of carboxylic acids is 1. The number of hydrogen-bond donors (Lipinski definition) is 3. The van der Waals surface area contributed by atoms with Gasteiger partial charge in [-0.2, -0.15) is 0 Å². The molecule has 2 aromatic heterocycles. The van der Waals surface area contributed by atoms with E-state index in [1.165, 1.54) is 0 Å². The number of aromatic carboxylic acids is 1. The molecule has 1 atom stereocenters. The molecule has 1 aliphatic heterocycles. The Kier molecular flexibility index (Phi) is 3.45. The second-order valence-corrected chi connectivity index (χ2v) is 6.39. The number of nitrogens with zero attached hydrogens (tertiary/aromatic N) is 3. The fourth-order valence-corrected chi connectivity index (χ4v) is 3.33. The van der Waals surface area contributed by atoms with Gasteiger partial charge in [-0.05, 0) is 36.4 Å². The van der Waals surface area contributed by atoms with E-state index in [1.54, 1.807) is 24.3 Å². The molecule has 0 spiro atoms. The van der Waals surface area contributed by atoms with Gasteiger partial charge in [0.2, 0.25) is 5.95 Å². The van der Waals surface area contributed by atoms with Gasteiger partial charge in [-0.15, -0.1) is 0 Å². The molecule has 5 rings (SSSR count). The van der Waals surface area contributed by atoms with Crippen LogP contribution in [0.2, 0.25) is 0 Å². The number of aliphatic imine (C=N–C) groups is 1. The molecule has 0 aliphatic carbocycles. The number of aromatic nitrogens is 2. The van der Waals surface area contributed by atoms with Gasteiger partial charge in [0.1, 0.15) is 11.5 Å². The van der Waals surface area contributed by atoms with Crippen LogP contribution in [0.4, 0.5) is 5.95 Å². The topological polar surface area (TPSA) is 119 Å². The number of guanidine groups is 1. The predicted molar refractivity (Wildman–Crippen MR) is 104 cm³/mol. The standard InChI is InChI=1S/C20H15N5O3/c21-19-23-17(25-14-4-2-1-3-13(14)22-20(25)24-19)16-10-9-15(28-16)11-5-7-12(8-6-11)18(26)27/h1-10,17H,(H,26,27)(H3,21,22,23,24). The number of carbonyl (C=O) groups is 1. The molecule has 0 fully saturated rings. The van der Waals surface area contributed by atoms with Crippen molar-refractivity contribution < 1.29 is 14.3 Å². The summed E-state index contributed by atoms with van der Waals surface area (Å²) in [5, 5.41) is 12.0. The molecule has 0 bridgehead atoms. The van der Waals surface area contributed by atoms with Gasteiger partial charge in [-0.1, -0.05) is 24.3 Å². The van der Waals surface area contributed by atoms with Crippen LogP contribution in [-0.2, 0) is 0 Å². The van der Waals surface area contributed by atoms with Crippen molar-refractivity contribution in [3.8, 4) is 11.3 Å². The van der Waals surface area contributed by atoms with Crippen LogP contribution >= 0.6 is 0 Å². The van der Waals surface area contributed by atoms with Crippen LogP contribution in [0.3, 0.4) is 0 Å². The highest BCUT2D eigenvalue weighted by Crippen LogP contribution is 2.34. The fourth-order valence-electron chi connectivity index (χ4n) is 3.33. The molecule has 1 aliphatic rings. The van der Waals surface area contributed by atoms with E-state index in [1.807, 2.05) is 41.0 Å². The molecule has 138 valence electrons. The molecule has 28 heavy (non-hydrogen) atoms. The third-order valence-corrected chi connectivity index (χ3v) is 4.64. The Morgan fingerprint density at radius 3 is 2.68 bits per heavy atom. The summed E-state index contributed by atoms with van der Waals surface area (Å²) >= 11 is 0. The van der Waals surface area contributed by atoms with E-state index < -0.39 is 12.1 Å². The second-order valence-electron chi connectivity index (χ2n) is 6.39. The number of imidazole rings is 1. The lowest BCUT2D eigenvalue weighted by Crippen LogP contribution is -2.31. The van der Waals surface area contributed by atoms with Crippen molar-refractivity contribution in [3.63, 3.8) is 0 Å². The number of hydrogen-bond acceptors (Lipinski definition) is 6. The number of rotatable bonds is 3. The zero-order valence-electron chi connectivity index (χ0n) is 14.5. The van der Waals surface area contributed by atoms with Crippen LogP contribution in [0.25, 0.3) is 22.4 Å². The van der Waals surface area contributed by atoms with Crippen LogP contribution in [0.5, 0.6) is 0 Å². The van der Waals surface area contributed by atoms with E-state index in [2.05, 4.69) is 15.3 Å². The van der Waals surface area contributed by atoms with Gasteiger partial charge in [0.15, 0.2) is 12.1 Å². The summed E-state index contributed by atoms with van der Waals surface area (Å²) in [6, 6.07) is 17.9. The monoisotopic (exact) mass is 373 g/mol. The zero-order chi connectivity index (χ0) is 19.3. The highest BCUT2D eigenvalue weighted by atomic mass is 16.4. The Labute approximate surface area is 158 Å². The Morgan fingerprint density at radius 1 is 1.11 bits per heavy atom. The van der Waals surface area contributed by atoms with Crippen molar-refractivity contribution in [2.24, 2.45) is 10.7 Å². The first-order chi connectivity index (χ1) is 13.6. The molecule has 0 saturated carbocycles. The van der Waals surface area contributed by atoms with Gasteiger partial charge >= 0.3 is 5.97 Å². The summed E-state index contributed by atoms with van der Waals surface area (Å²) in [6.45, 7) is 0. The van der Waals surface area contributed by atoms with Crippen molar-refractivity contribution in [1.82, 2.24) is 9.55 Å². The third kappa shape index (κ3) is 2.50. The molecule has 3 heterocycles. The lowest BCUT2D eigenvalue weighted by atomic mass is 10.1. The van der Waals surface area contributed by atoms with Gasteiger partial charge in [-0.25, -0.2) is 14.8 Å². The van der Waals surface area contributed by atoms with Gasteiger partial charge in [-0.3, -0.25) is 9.88 Å². The quantitative estimate of drug-likeness (QED) is 0.507. The van der Waals surface area contributed by atoms with E-state index >= 15 is 0 Å². The summed E-state index contributed by atoms with van der Waals surface area (Å²) in [7, 11) is 0. The Bertz CT molecular complexity index is 1240. The summed E-state index contributed by atoms with van der Waals surface area (Å²) in [5.74, 6) is 1.11. The summed E-state index contributed by atoms with van der Waals surface area (Å²) in [5.41, 5.74) is 8.69. The number of nitrogens with two attached hydrogens (primary N) is 1. The first-order valence-electron chi connectivity index (χ1n) is 8.61. The maximum atomic E-state index is 11.0. The predicted octanol–water partition coefficient (Wildman–Crippen LogP) is 3.28. The summed E-state index contributed by atoms with van der Waals surface area (Å²) in [4.78, 5) is 20.1. The largest absolute Gasteiger partial charge is 0.478 e. The van der Waals surface area contributed by atoms with Gasteiger partial charge < -0.3 is 15.3 Å². The molecule has 0 amide bonds. The minimum atomic E-state index is -0.967. The molecule has 4 N–H and O–H groups in total. The van der Waals surface area contributed by atoms with E-state index in [-0.39, 0.29) is 11.5 Å². The van der Waals surface area contributed by atoms with Crippen LogP contribution in [0, 0.1) is 0 Å². The molecule has 8 heteroatoms. The SMILES string of the molecule is NC1=NC(c2ccc(-c3ccc(C(=O)O)cc3)o2)n2c(nc3ccccc32)N1. The average Bonchev–Trinajstić information content (AvgIpc) is 3.32. The molecular formula is C20H15N5O3. The number of furan rings is 1. The van der Waals surface area contributed by atoms with Crippen molar-refractivity contribution >= 4 is 28.9 Å². The first-order valence-corrected chi connectivity index (χ1v) is 8.61. The van der Waals surface area contributed by atoms with E-state index in [0.717, 1.165) is 16.6 Å². The number of fused-ring (bicyclic) bond motifs is 3. The average molecular weight is 373 g/mol. The van der Waals surface area contributed by atoms with Gasteiger partial charge in [0.25, 0.3) is 0 Å². The number of carboxylic acid groups (broad SMARTS) is 1. The van der Waals surface area contributed by atoms with Crippen molar-refractivity contribution in [2.45, 2.75) is 6.17 Å². The molecular weight excluding hydrogens is 358 g/mol. The second kappa shape index (κ2) is 5.98. The Hall–Kier alpha value is -4.07. The van der Waals surface area contributed by atoms with Crippen molar-refractivity contribution in [3.05, 3.63) is 72.0 Å². The lowest BCUT2D eigenvalue weighted by molar-refractivity contribution is 0.0697. The molecule has 4 aromatic rings. The smallest absolute Gasteiger partial charge is 0.335 e. The molecule has 0 radical (unpaired) electrons. The lowest BCUT2D eigenvalue weighted by Gasteiger charge is -2.21. The number of nitrogens with one attached hydrogen (secondary N) is 1. The first kappa shape index (κ1) is 16.1. The molecule has 0 saturated heterocycles. The maximum Gasteiger partial charge on any atom is 0.335 e. The van der Waals surface area contributed by atoms with Crippen LogP contribution < -0.4 is 11.1 Å². The fraction of sp³-hybridized carbons (Fsp3) is 0.0500. The van der Waals surface area contributed by atoms with Crippen LogP contribution in [0.15, 0.2) is 70.1 Å². The van der Waals surface area contributed by atoms with Gasteiger partial charge in [0, 0.05) is 5.56 Å². The van der Waals surface area contributed by atoms with E-state index in [4.69, 9.17) is 15.3 Å². The normalized spacial score (nSPS) is 15.7. The Balaban J connectivity index is 1.57. The summed E-state index contributed by atoms with van der Waals surface area (Å²) in [6.07, 6.45) is -0.490. The number of para-hydroxylation sites is 2. The molecule has 1 unspecified atom stereocenters. The van der Waals surface area contributed by atoms with Crippen molar-refractivity contribution in [2.75, 3.05) is 5.32 Å². The molecule has 2 aromatic carbocycles. The van der Waals surface area contributed by atoms with Gasteiger partial charge in [0.05, 0.1) is 16.6 Å². The highest BCUT2D eigenvalue weighted by Gasteiger charge is 2.27. The summed E-state index contributed by atoms with van der Waals surface area (Å²) < 4.78 is 7.98. The van der Waals surface area contributed by atoms with E-state index in [9.17, 15) is 4.79 Å². The van der Waals surface area contributed by atoms with E-state index in [0.29, 0.717) is 17.5 Å². The highest BCUT2D eigenvalue weighted by molar-refractivity contribution is 5.94.